The minimum absolute atomic E-state index is 0.151. The van der Waals surface area contributed by atoms with Gasteiger partial charge in [-0.05, 0) is 35.7 Å². The van der Waals surface area contributed by atoms with Gasteiger partial charge in [-0.3, -0.25) is 14.1 Å². The van der Waals surface area contributed by atoms with Gasteiger partial charge in [-0.15, -0.1) is 0 Å². The van der Waals surface area contributed by atoms with Crippen molar-refractivity contribution in [3.63, 3.8) is 0 Å². The normalized spacial score (nSPS) is 20.3. The number of halogens is 3. The molecule has 7 rings (SSSR count). The van der Waals surface area contributed by atoms with Crippen LogP contribution in [0.25, 0.3) is 16.9 Å². The molecular formula is C29H27F3N6O2. The Hall–Kier alpha value is -3.96. The maximum absolute atomic E-state index is 13.9. The number of nitrogens with one attached hydrogen (secondary N) is 2. The van der Waals surface area contributed by atoms with E-state index in [0.29, 0.717) is 55.6 Å². The summed E-state index contributed by atoms with van der Waals surface area (Å²) in [6, 6.07) is 10.3. The van der Waals surface area contributed by atoms with E-state index in [4.69, 9.17) is 9.72 Å². The molecule has 8 nitrogen and oxygen atoms in total. The fourth-order valence-corrected chi connectivity index (χ4v) is 6.00. The predicted octanol–water partition coefficient (Wildman–Crippen LogP) is 4.87. The van der Waals surface area contributed by atoms with E-state index in [2.05, 4.69) is 15.6 Å². The summed E-state index contributed by atoms with van der Waals surface area (Å²) in [6.07, 6.45) is 4.00. The summed E-state index contributed by atoms with van der Waals surface area (Å²) in [5.41, 5.74) is 5.71. The molecule has 0 bridgehead atoms. The maximum Gasteiger partial charge on any atom is 0.261 e. The zero-order chi connectivity index (χ0) is 27.4. The summed E-state index contributed by atoms with van der Waals surface area (Å²) in [4.78, 5) is 23.9. The standard InChI is InChI=1S/C29H27F3N6O2/c30-18-5-8-38-24(13-33-26(38)11-18)20-1-3-22(27-21(20)12-34-28(27)39)35-25-4-2-19(17-6-10-40-15-17)23(36-25)14-37-9-7-29(31,32)16-37/h1-5,8,11,13,17H,6-7,9-10,12,14-16H2,(H,34,39)(H,35,36)/t17-/m0/s1. The number of likely N-dealkylation sites (tertiary alicyclic amines) is 1. The van der Waals surface area contributed by atoms with Crippen LogP contribution in [0.1, 0.15) is 45.9 Å². The highest BCUT2D eigenvalue weighted by molar-refractivity contribution is 6.06. The molecule has 40 heavy (non-hydrogen) atoms. The van der Waals surface area contributed by atoms with Gasteiger partial charge in [0.15, 0.2) is 0 Å². The minimum Gasteiger partial charge on any atom is -0.381 e. The number of carbonyl (C=O) groups is 1. The van der Waals surface area contributed by atoms with Crippen molar-refractivity contribution in [2.45, 2.75) is 37.8 Å². The number of benzene rings is 1. The molecule has 1 atom stereocenters. The second kappa shape index (κ2) is 9.60. The number of ether oxygens (including phenoxy) is 1. The number of alkyl halides is 2. The quantitative estimate of drug-likeness (QED) is 0.358. The number of fused-ring (bicyclic) bond motifs is 2. The highest BCUT2D eigenvalue weighted by atomic mass is 19.3. The van der Waals surface area contributed by atoms with Gasteiger partial charge in [-0.2, -0.15) is 0 Å². The van der Waals surface area contributed by atoms with Crippen LogP contribution in [0, 0.1) is 5.82 Å². The SMILES string of the molecule is O=C1NCc2c(-c3cnc4cc(F)ccn34)ccc(Nc3ccc([C@H]4CCOC4)c(CN4CCC(F)(F)C4)n3)c21. The Morgan fingerprint density at radius 3 is 2.90 bits per heavy atom. The van der Waals surface area contributed by atoms with Gasteiger partial charge < -0.3 is 15.4 Å². The van der Waals surface area contributed by atoms with Crippen LogP contribution in [0.15, 0.2) is 48.8 Å². The molecule has 0 unspecified atom stereocenters. The van der Waals surface area contributed by atoms with Gasteiger partial charge in [0.1, 0.15) is 17.3 Å². The number of amides is 1. The number of rotatable bonds is 6. The lowest BCUT2D eigenvalue weighted by atomic mass is 9.96. The van der Waals surface area contributed by atoms with E-state index >= 15 is 0 Å². The van der Waals surface area contributed by atoms with Crippen LogP contribution in [0.2, 0.25) is 0 Å². The van der Waals surface area contributed by atoms with Crippen LogP contribution >= 0.6 is 0 Å². The molecule has 0 spiro atoms. The summed E-state index contributed by atoms with van der Waals surface area (Å²) in [7, 11) is 0. The number of hydrogen-bond donors (Lipinski definition) is 2. The molecule has 11 heteroatoms. The number of hydrogen-bond acceptors (Lipinski definition) is 6. The van der Waals surface area contributed by atoms with Crippen LogP contribution in [-0.4, -0.2) is 57.4 Å². The Balaban J connectivity index is 1.23. The lowest BCUT2D eigenvalue weighted by molar-refractivity contribution is 0.0113. The van der Waals surface area contributed by atoms with Crippen molar-refractivity contribution >= 4 is 23.1 Å². The third-order valence-corrected chi connectivity index (χ3v) is 7.98. The second-order valence-electron chi connectivity index (χ2n) is 10.6. The Labute approximate surface area is 228 Å². The molecule has 2 saturated heterocycles. The monoisotopic (exact) mass is 548 g/mol. The van der Waals surface area contributed by atoms with Crippen molar-refractivity contribution in [1.29, 1.82) is 0 Å². The molecule has 3 aromatic heterocycles. The van der Waals surface area contributed by atoms with Crippen molar-refractivity contribution in [1.82, 2.24) is 24.6 Å². The van der Waals surface area contributed by atoms with E-state index < -0.39 is 5.92 Å². The Morgan fingerprint density at radius 1 is 1.20 bits per heavy atom. The van der Waals surface area contributed by atoms with Crippen molar-refractivity contribution in [2.75, 3.05) is 31.6 Å². The van der Waals surface area contributed by atoms with E-state index in [1.54, 1.807) is 21.7 Å². The van der Waals surface area contributed by atoms with Gasteiger partial charge in [-0.25, -0.2) is 23.1 Å². The van der Waals surface area contributed by atoms with E-state index in [0.717, 1.165) is 34.5 Å². The summed E-state index contributed by atoms with van der Waals surface area (Å²) in [6.45, 7) is 1.96. The average molecular weight is 549 g/mol. The van der Waals surface area contributed by atoms with Gasteiger partial charge in [-0.1, -0.05) is 12.1 Å². The third kappa shape index (κ3) is 4.48. The fourth-order valence-electron chi connectivity index (χ4n) is 6.00. The van der Waals surface area contributed by atoms with Crippen LogP contribution in [0.5, 0.6) is 0 Å². The lowest BCUT2D eigenvalue weighted by Crippen LogP contribution is -2.26. The maximum atomic E-state index is 13.9. The van der Waals surface area contributed by atoms with Gasteiger partial charge in [0.25, 0.3) is 11.8 Å². The molecule has 206 valence electrons. The largest absolute Gasteiger partial charge is 0.381 e. The highest BCUT2D eigenvalue weighted by Crippen LogP contribution is 2.37. The first-order valence-electron chi connectivity index (χ1n) is 13.4. The van der Waals surface area contributed by atoms with Gasteiger partial charge >= 0.3 is 0 Å². The van der Waals surface area contributed by atoms with Crippen molar-refractivity contribution in [3.8, 4) is 11.3 Å². The lowest BCUT2D eigenvalue weighted by Gasteiger charge is -2.21. The van der Waals surface area contributed by atoms with E-state index in [1.807, 2.05) is 24.3 Å². The molecule has 0 radical (unpaired) electrons. The van der Waals surface area contributed by atoms with E-state index in [9.17, 15) is 18.0 Å². The summed E-state index contributed by atoms with van der Waals surface area (Å²) in [5.74, 6) is -2.56. The molecule has 1 amide bonds. The summed E-state index contributed by atoms with van der Waals surface area (Å²) in [5, 5.41) is 6.21. The first-order chi connectivity index (χ1) is 19.3. The van der Waals surface area contributed by atoms with Crippen molar-refractivity contribution in [3.05, 3.63) is 77.0 Å². The van der Waals surface area contributed by atoms with Gasteiger partial charge in [0.2, 0.25) is 0 Å². The molecule has 2 N–H and O–H groups in total. The Morgan fingerprint density at radius 2 is 2.10 bits per heavy atom. The first-order valence-corrected chi connectivity index (χ1v) is 13.4. The van der Waals surface area contributed by atoms with E-state index in [1.165, 1.54) is 12.1 Å². The molecule has 2 fully saturated rings. The van der Waals surface area contributed by atoms with Crippen LogP contribution in [0.3, 0.4) is 0 Å². The minimum atomic E-state index is -2.68. The van der Waals surface area contributed by atoms with Crippen LogP contribution in [-0.2, 0) is 17.8 Å². The third-order valence-electron chi connectivity index (χ3n) is 7.98. The zero-order valence-corrected chi connectivity index (χ0v) is 21.6. The van der Waals surface area contributed by atoms with Gasteiger partial charge in [0.05, 0.1) is 42.0 Å². The fraction of sp³-hybridized carbons (Fsp3) is 0.345. The molecule has 1 aromatic carbocycles. The number of anilines is 2. The molecule has 6 heterocycles. The van der Waals surface area contributed by atoms with Crippen LogP contribution < -0.4 is 10.6 Å². The number of imidazole rings is 1. The first kappa shape index (κ1) is 25.0. The number of nitrogens with zero attached hydrogens (tertiary/aromatic N) is 4. The topological polar surface area (TPSA) is 83.8 Å². The Bertz CT molecular complexity index is 1630. The van der Waals surface area contributed by atoms with Gasteiger partial charge in [0, 0.05) is 56.4 Å². The second-order valence-corrected chi connectivity index (χ2v) is 10.6. The molecule has 0 aliphatic carbocycles. The molecule has 3 aliphatic rings. The number of pyridine rings is 2. The van der Waals surface area contributed by atoms with E-state index in [-0.39, 0.29) is 30.6 Å². The smallest absolute Gasteiger partial charge is 0.261 e. The molecular weight excluding hydrogens is 521 g/mol. The Kier molecular flexibility index (Phi) is 6.01. The molecule has 4 aromatic rings. The molecule has 0 saturated carbocycles. The van der Waals surface area contributed by atoms with Crippen molar-refractivity contribution in [2.24, 2.45) is 0 Å². The number of carbonyl (C=O) groups excluding carboxylic acids is 1. The summed E-state index contributed by atoms with van der Waals surface area (Å²) < 4.78 is 48.9. The zero-order valence-electron chi connectivity index (χ0n) is 21.6. The average Bonchev–Trinajstić information content (AvgIpc) is 3.72. The number of aromatic nitrogens is 3. The highest BCUT2D eigenvalue weighted by Gasteiger charge is 2.38. The van der Waals surface area contributed by atoms with Crippen LogP contribution in [0.4, 0.5) is 24.7 Å². The molecule has 3 aliphatic heterocycles. The van der Waals surface area contributed by atoms with Crippen molar-refractivity contribution < 1.29 is 22.7 Å². The summed E-state index contributed by atoms with van der Waals surface area (Å²) >= 11 is 0. The predicted molar refractivity (Wildman–Crippen MR) is 142 cm³/mol.